The number of carbonyl (C=O) groups is 2. The number of nitriles is 1. The fraction of sp³-hybridized carbons (Fsp3) is 0.357. The second-order valence-corrected chi connectivity index (χ2v) is 4.76. The minimum absolute atomic E-state index is 0.0763. The first kappa shape index (κ1) is 14.8. The Hall–Kier alpha value is -2.62. The van der Waals surface area contributed by atoms with E-state index in [4.69, 9.17) is 10.4 Å². The number of nitrogens with zero attached hydrogens (tertiary/aromatic N) is 2. The second kappa shape index (κ2) is 6.22. The lowest BCUT2D eigenvalue weighted by atomic mass is 10.2. The van der Waals surface area contributed by atoms with Gasteiger partial charge in [0.2, 0.25) is 0 Å². The Labute approximate surface area is 120 Å². The topological polar surface area (TPSA) is 93.4 Å². The molecule has 0 spiro atoms. The molecule has 0 aromatic heterocycles. The smallest absolute Gasteiger partial charge is 0.335 e. The number of carbonyl (C=O) groups excluding carboxylic acids is 1. The van der Waals surface area contributed by atoms with Crippen LogP contribution in [0.5, 0.6) is 0 Å². The number of hydrogen-bond acceptors (Lipinski definition) is 3. The van der Waals surface area contributed by atoms with E-state index >= 15 is 0 Å². The number of carboxylic acid groups (broad SMARTS) is 1. The van der Waals surface area contributed by atoms with Crippen LogP contribution in [0, 0.1) is 17.1 Å². The first-order valence-electron chi connectivity index (χ1n) is 6.50. The van der Waals surface area contributed by atoms with Gasteiger partial charge in [-0.1, -0.05) is 0 Å². The normalized spacial score (nSPS) is 13.3. The van der Waals surface area contributed by atoms with Crippen molar-refractivity contribution >= 4 is 17.7 Å². The molecule has 0 atom stereocenters. The van der Waals surface area contributed by atoms with Gasteiger partial charge in [-0.25, -0.2) is 14.0 Å². The van der Waals surface area contributed by atoms with E-state index in [2.05, 4.69) is 5.32 Å². The molecule has 1 aliphatic rings. The van der Waals surface area contributed by atoms with Gasteiger partial charge in [-0.05, 0) is 31.0 Å². The Morgan fingerprint density at radius 3 is 2.71 bits per heavy atom. The zero-order valence-electron chi connectivity index (χ0n) is 11.2. The average Bonchev–Trinajstić information content (AvgIpc) is 3.26. The molecular formula is C14H14FN3O3. The Balaban J connectivity index is 2.07. The van der Waals surface area contributed by atoms with Crippen LogP contribution in [0.25, 0.3) is 0 Å². The molecule has 2 amide bonds. The number of hydrogen-bond donors (Lipinski definition) is 2. The highest BCUT2D eigenvalue weighted by atomic mass is 19.1. The number of urea groups is 1. The summed E-state index contributed by atoms with van der Waals surface area (Å²) < 4.78 is 13.8. The molecule has 1 aromatic rings. The van der Waals surface area contributed by atoms with Crippen LogP contribution < -0.4 is 5.32 Å². The Kier molecular flexibility index (Phi) is 4.38. The van der Waals surface area contributed by atoms with Crippen LogP contribution in [0.15, 0.2) is 18.2 Å². The molecule has 0 aliphatic heterocycles. The van der Waals surface area contributed by atoms with Crippen molar-refractivity contribution in [1.82, 2.24) is 4.90 Å². The number of anilines is 1. The van der Waals surface area contributed by atoms with Gasteiger partial charge in [-0.2, -0.15) is 5.26 Å². The lowest BCUT2D eigenvalue weighted by molar-refractivity contribution is 0.0696. The van der Waals surface area contributed by atoms with E-state index in [0.717, 1.165) is 18.9 Å². The van der Waals surface area contributed by atoms with E-state index < -0.39 is 17.8 Å². The molecule has 110 valence electrons. The van der Waals surface area contributed by atoms with Gasteiger partial charge in [0.05, 0.1) is 23.7 Å². The van der Waals surface area contributed by atoms with Gasteiger partial charge in [0.1, 0.15) is 5.82 Å². The van der Waals surface area contributed by atoms with E-state index in [1.165, 1.54) is 17.0 Å². The summed E-state index contributed by atoms with van der Waals surface area (Å²) in [6.07, 6.45) is 1.96. The molecule has 2 N–H and O–H groups in total. The SMILES string of the molecule is N#CCCN(C(=O)Nc1ccc(C(=O)O)cc1F)C1CC1. The van der Waals surface area contributed by atoms with Crippen LogP contribution in [0.2, 0.25) is 0 Å². The molecule has 0 unspecified atom stereocenters. The van der Waals surface area contributed by atoms with E-state index in [1.54, 1.807) is 0 Å². The van der Waals surface area contributed by atoms with E-state index in [-0.39, 0.29) is 23.7 Å². The van der Waals surface area contributed by atoms with Crippen LogP contribution in [0.1, 0.15) is 29.6 Å². The number of benzene rings is 1. The van der Waals surface area contributed by atoms with Crippen molar-refractivity contribution < 1.29 is 19.1 Å². The van der Waals surface area contributed by atoms with Crippen LogP contribution in [0.4, 0.5) is 14.9 Å². The molecule has 2 rings (SSSR count). The molecule has 6 nitrogen and oxygen atoms in total. The lowest BCUT2D eigenvalue weighted by Gasteiger charge is -2.21. The third kappa shape index (κ3) is 3.69. The number of nitrogens with one attached hydrogen (secondary N) is 1. The zero-order valence-corrected chi connectivity index (χ0v) is 11.2. The highest BCUT2D eigenvalue weighted by molar-refractivity contribution is 5.92. The van der Waals surface area contributed by atoms with Crippen LogP contribution >= 0.6 is 0 Å². The summed E-state index contributed by atoms with van der Waals surface area (Å²) in [5, 5.41) is 19.8. The Morgan fingerprint density at radius 2 is 2.19 bits per heavy atom. The van der Waals surface area contributed by atoms with Gasteiger partial charge in [-0.3, -0.25) is 0 Å². The minimum Gasteiger partial charge on any atom is -0.478 e. The molecule has 1 fully saturated rings. The quantitative estimate of drug-likeness (QED) is 0.871. The van der Waals surface area contributed by atoms with Gasteiger partial charge in [0.15, 0.2) is 0 Å². The molecule has 1 aromatic carbocycles. The van der Waals surface area contributed by atoms with Crippen molar-refractivity contribution in [3.05, 3.63) is 29.6 Å². The maximum Gasteiger partial charge on any atom is 0.335 e. The van der Waals surface area contributed by atoms with Gasteiger partial charge in [-0.15, -0.1) is 0 Å². The van der Waals surface area contributed by atoms with Crippen LogP contribution in [0.3, 0.4) is 0 Å². The summed E-state index contributed by atoms with van der Waals surface area (Å²) >= 11 is 0. The van der Waals surface area contributed by atoms with Crippen molar-refractivity contribution in [3.63, 3.8) is 0 Å². The van der Waals surface area contributed by atoms with E-state index in [0.29, 0.717) is 6.54 Å². The number of aromatic carboxylic acids is 1. The maximum absolute atomic E-state index is 13.8. The van der Waals surface area contributed by atoms with E-state index in [9.17, 15) is 14.0 Å². The number of amides is 2. The Morgan fingerprint density at radius 1 is 1.48 bits per heavy atom. The third-order valence-electron chi connectivity index (χ3n) is 3.17. The summed E-state index contributed by atoms with van der Waals surface area (Å²) in [5.74, 6) is -2.04. The maximum atomic E-state index is 13.8. The fourth-order valence-corrected chi connectivity index (χ4v) is 1.94. The van der Waals surface area contributed by atoms with Crippen molar-refractivity contribution in [2.75, 3.05) is 11.9 Å². The van der Waals surface area contributed by atoms with Crippen molar-refractivity contribution in [2.45, 2.75) is 25.3 Å². The van der Waals surface area contributed by atoms with Gasteiger partial charge in [0, 0.05) is 12.6 Å². The van der Waals surface area contributed by atoms with Crippen molar-refractivity contribution in [2.24, 2.45) is 0 Å². The molecule has 21 heavy (non-hydrogen) atoms. The standard InChI is InChI=1S/C14H14FN3O3/c15-11-8-9(13(19)20)2-5-12(11)17-14(21)18(7-1-6-16)10-3-4-10/h2,5,8,10H,1,3-4,7H2,(H,17,21)(H,19,20). The minimum atomic E-state index is -1.24. The second-order valence-electron chi connectivity index (χ2n) is 4.76. The van der Waals surface area contributed by atoms with Crippen LogP contribution in [-0.4, -0.2) is 34.6 Å². The molecule has 0 bridgehead atoms. The summed E-state index contributed by atoms with van der Waals surface area (Å²) in [7, 11) is 0. The summed E-state index contributed by atoms with van der Waals surface area (Å²) in [6, 6.07) is 4.88. The van der Waals surface area contributed by atoms with Gasteiger partial charge in [0.25, 0.3) is 0 Å². The van der Waals surface area contributed by atoms with Gasteiger partial charge >= 0.3 is 12.0 Å². The van der Waals surface area contributed by atoms with Crippen LogP contribution in [-0.2, 0) is 0 Å². The molecule has 0 radical (unpaired) electrons. The first-order chi connectivity index (χ1) is 10.0. The number of rotatable bonds is 5. The predicted octanol–water partition coefficient (Wildman–Crippen LogP) is 2.43. The predicted molar refractivity (Wildman–Crippen MR) is 72.3 cm³/mol. The number of halogens is 1. The monoisotopic (exact) mass is 291 g/mol. The van der Waals surface area contributed by atoms with Crippen molar-refractivity contribution in [3.8, 4) is 6.07 Å². The molecule has 0 heterocycles. The average molecular weight is 291 g/mol. The largest absolute Gasteiger partial charge is 0.478 e. The summed E-state index contributed by atoms with van der Waals surface area (Å²) in [6.45, 7) is 0.293. The fourth-order valence-electron chi connectivity index (χ4n) is 1.94. The molecule has 1 aliphatic carbocycles. The molecule has 0 saturated heterocycles. The number of carboxylic acids is 1. The highest BCUT2D eigenvalue weighted by Gasteiger charge is 2.32. The molecular weight excluding hydrogens is 277 g/mol. The Bertz CT molecular complexity index is 608. The van der Waals surface area contributed by atoms with Gasteiger partial charge < -0.3 is 15.3 Å². The van der Waals surface area contributed by atoms with E-state index in [1.807, 2.05) is 6.07 Å². The van der Waals surface area contributed by atoms with Crippen molar-refractivity contribution in [1.29, 1.82) is 5.26 Å². The lowest BCUT2D eigenvalue weighted by Crippen LogP contribution is -2.37. The summed E-state index contributed by atoms with van der Waals surface area (Å²) in [4.78, 5) is 24.3. The highest BCUT2D eigenvalue weighted by Crippen LogP contribution is 2.28. The first-order valence-corrected chi connectivity index (χ1v) is 6.50. The molecule has 1 saturated carbocycles. The third-order valence-corrected chi connectivity index (χ3v) is 3.17. The zero-order chi connectivity index (χ0) is 15.4. The molecule has 7 heteroatoms. The summed E-state index contributed by atoms with van der Waals surface area (Å²) in [5.41, 5.74) is -0.262.